The van der Waals surface area contributed by atoms with E-state index in [9.17, 15) is 0 Å². The van der Waals surface area contributed by atoms with Gasteiger partial charge in [-0.2, -0.15) is 0 Å². The lowest BCUT2D eigenvalue weighted by atomic mass is 9.96. The molecule has 1 aromatic carbocycles. The number of piperidine rings is 1. The summed E-state index contributed by atoms with van der Waals surface area (Å²) in [6.07, 6.45) is 6.28. The van der Waals surface area contributed by atoms with E-state index in [0.29, 0.717) is 0 Å². The third-order valence-electron chi connectivity index (χ3n) is 4.52. The Morgan fingerprint density at radius 1 is 1.23 bits per heavy atom. The van der Waals surface area contributed by atoms with Gasteiger partial charge >= 0.3 is 0 Å². The molecule has 4 heteroatoms. The minimum absolute atomic E-state index is 0.819. The predicted octanol–water partition coefficient (Wildman–Crippen LogP) is 2.75. The average molecular weight is 298 g/mol. The summed E-state index contributed by atoms with van der Waals surface area (Å²) < 4.78 is 0. The van der Waals surface area contributed by atoms with Gasteiger partial charge in [0, 0.05) is 31.5 Å². The van der Waals surface area contributed by atoms with Gasteiger partial charge in [-0.1, -0.05) is 30.3 Å². The maximum absolute atomic E-state index is 4.08. The molecule has 1 fully saturated rings. The molecule has 3 rings (SSSR count). The van der Waals surface area contributed by atoms with Crippen LogP contribution in [0.25, 0.3) is 0 Å². The molecule has 22 heavy (non-hydrogen) atoms. The molecule has 118 valence electrons. The van der Waals surface area contributed by atoms with Crippen molar-refractivity contribution in [1.29, 1.82) is 0 Å². The van der Waals surface area contributed by atoms with Crippen LogP contribution < -0.4 is 0 Å². The molecule has 0 atom stereocenters. The van der Waals surface area contributed by atoms with Gasteiger partial charge in [0.05, 0.1) is 6.33 Å². The fourth-order valence-electron chi connectivity index (χ4n) is 3.34. The highest BCUT2D eigenvalue weighted by Crippen LogP contribution is 2.20. The maximum atomic E-state index is 4.08. The molecule has 0 saturated carbocycles. The first-order valence-electron chi connectivity index (χ1n) is 8.21. The normalized spacial score (nSPS) is 17.2. The molecule has 4 nitrogen and oxygen atoms in total. The van der Waals surface area contributed by atoms with E-state index in [4.69, 9.17) is 0 Å². The molecule has 1 aromatic heterocycles. The number of aromatic nitrogens is 2. The van der Waals surface area contributed by atoms with Crippen LogP contribution in [-0.2, 0) is 13.1 Å². The van der Waals surface area contributed by atoms with Crippen molar-refractivity contribution in [2.75, 3.05) is 26.7 Å². The summed E-state index contributed by atoms with van der Waals surface area (Å²) in [4.78, 5) is 12.3. The van der Waals surface area contributed by atoms with Crippen LogP contribution in [0.15, 0.2) is 42.9 Å². The number of nitrogens with one attached hydrogen (secondary N) is 1. The minimum atomic E-state index is 0.819. The Balaban J connectivity index is 1.40. The average Bonchev–Trinajstić information content (AvgIpc) is 3.03. The molecule has 0 spiro atoms. The molecule has 0 radical (unpaired) electrons. The zero-order valence-corrected chi connectivity index (χ0v) is 13.4. The van der Waals surface area contributed by atoms with Gasteiger partial charge in [-0.25, -0.2) is 4.98 Å². The Kier molecular flexibility index (Phi) is 5.24. The quantitative estimate of drug-likeness (QED) is 0.890. The lowest BCUT2D eigenvalue weighted by Crippen LogP contribution is -2.37. The molecule has 2 heterocycles. The lowest BCUT2D eigenvalue weighted by molar-refractivity contribution is 0.146. The summed E-state index contributed by atoms with van der Waals surface area (Å²) in [5.74, 6) is 0.819. The Bertz CT molecular complexity index is 529. The number of rotatable bonds is 6. The summed E-state index contributed by atoms with van der Waals surface area (Å²) in [6, 6.07) is 10.8. The number of benzene rings is 1. The van der Waals surface area contributed by atoms with E-state index in [0.717, 1.165) is 19.0 Å². The molecular weight excluding hydrogens is 272 g/mol. The van der Waals surface area contributed by atoms with Gasteiger partial charge in [0.15, 0.2) is 0 Å². The topological polar surface area (TPSA) is 35.2 Å². The predicted molar refractivity (Wildman–Crippen MR) is 89.4 cm³/mol. The SMILES string of the molecule is CN(Cc1cnc[nH]1)CC1CCN(Cc2ccccc2)CC1. The van der Waals surface area contributed by atoms with E-state index in [1.807, 2.05) is 6.20 Å². The van der Waals surface area contributed by atoms with Crippen LogP contribution in [0.3, 0.4) is 0 Å². The largest absolute Gasteiger partial charge is 0.347 e. The van der Waals surface area contributed by atoms with Gasteiger partial charge in [0.25, 0.3) is 0 Å². The number of hydrogen-bond donors (Lipinski definition) is 1. The first kappa shape index (κ1) is 15.3. The summed E-state index contributed by atoms with van der Waals surface area (Å²) in [5.41, 5.74) is 2.63. The van der Waals surface area contributed by atoms with Gasteiger partial charge in [-0.15, -0.1) is 0 Å². The molecule has 2 aromatic rings. The van der Waals surface area contributed by atoms with Crippen LogP contribution in [-0.4, -0.2) is 46.4 Å². The standard InChI is InChI=1S/C18H26N4/c1-21(14-18-11-19-15-20-18)12-17-7-9-22(10-8-17)13-16-5-3-2-4-6-16/h2-6,11,15,17H,7-10,12-14H2,1H3,(H,19,20). The van der Waals surface area contributed by atoms with Crippen molar-refractivity contribution in [3.63, 3.8) is 0 Å². The van der Waals surface area contributed by atoms with Crippen molar-refractivity contribution in [3.8, 4) is 0 Å². The molecule has 1 aliphatic rings. The number of nitrogens with zero attached hydrogens (tertiary/aromatic N) is 3. The Labute approximate surface area is 133 Å². The third-order valence-corrected chi connectivity index (χ3v) is 4.52. The van der Waals surface area contributed by atoms with Crippen molar-refractivity contribution in [1.82, 2.24) is 19.8 Å². The van der Waals surface area contributed by atoms with E-state index >= 15 is 0 Å². The van der Waals surface area contributed by atoms with Crippen molar-refractivity contribution >= 4 is 0 Å². The van der Waals surface area contributed by atoms with Crippen LogP contribution in [0.5, 0.6) is 0 Å². The van der Waals surface area contributed by atoms with E-state index in [1.165, 1.54) is 43.7 Å². The smallest absolute Gasteiger partial charge is 0.0922 e. The highest BCUT2D eigenvalue weighted by molar-refractivity contribution is 5.14. The van der Waals surface area contributed by atoms with Crippen LogP contribution in [0.4, 0.5) is 0 Å². The van der Waals surface area contributed by atoms with Crippen molar-refractivity contribution < 1.29 is 0 Å². The molecule has 1 aliphatic heterocycles. The van der Waals surface area contributed by atoms with Crippen LogP contribution in [0, 0.1) is 5.92 Å². The van der Waals surface area contributed by atoms with E-state index in [-0.39, 0.29) is 0 Å². The number of aromatic amines is 1. The highest BCUT2D eigenvalue weighted by atomic mass is 15.1. The van der Waals surface area contributed by atoms with Crippen molar-refractivity contribution in [2.24, 2.45) is 5.92 Å². The van der Waals surface area contributed by atoms with Crippen LogP contribution >= 0.6 is 0 Å². The fraction of sp³-hybridized carbons (Fsp3) is 0.500. The monoisotopic (exact) mass is 298 g/mol. The molecule has 0 unspecified atom stereocenters. The number of likely N-dealkylation sites (tertiary alicyclic amines) is 1. The number of imidazole rings is 1. The molecule has 0 aliphatic carbocycles. The van der Waals surface area contributed by atoms with Gasteiger partial charge in [-0.05, 0) is 44.5 Å². The highest BCUT2D eigenvalue weighted by Gasteiger charge is 2.20. The first-order valence-corrected chi connectivity index (χ1v) is 8.21. The van der Waals surface area contributed by atoms with Gasteiger partial charge in [0.2, 0.25) is 0 Å². The van der Waals surface area contributed by atoms with Gasteiger partial charge in [0.1, 0.15) is 0 Å². The van der Waals surface area contributed by atoms with Crippen molar-refractivity contribution in [2.45, 2.75) is 25.9 Å². The van der Waals surface area contributed by atoms with Crippen LogP contribution in [0.1, 0.15) is 24.1 Å². The fourth-order valence-corrected chi connectivity index (χ4v) is 3.34. The van der Waals surface area contributed by atoms with Gasteiger partial charge < -0.3 is 9.88 Å². The maximum Gasteiger partial charge on any atom is 0.0922 e. The summed E-state index contributed by atoms with van der Waals surface area (Å²) in [7, 11) is 2.21. The molecule has 1 saturated heterocycles. The second kappa shape index (κ2) is 7.56. The van der Waals surface area contributed by atoms with E-state index in [2.05, 4.69) is 57.1 Å². The second-order valence-electron chi connectivity index (χ2n) is 6.48. The Morgan fingerprint density at radius 2 is 2.00 bits per heavy atom. The minimum Gasteiger partial charge on any atom is -0.347 e. The molecular formula is C18H26N4. The number of H-pyrrole nitrogens is 1. The second-order valence-corrected chi connectivity index (χ2v) is 6.48. The van der Waals surface area contributed by atoms with E-state index < -0.39 is 0 Å². The Hall–Kier alpha value is -1.65. The van der Waals surface area contributed by atoms with E-state index in [1.54, 1.807) is 6.33 Å². The number of hydrogen-bond acceptors (Lipinski definition) is 3. The van der Waals surface area contributed by atoms with Gasteiger partial charge in [-0.3, -0.25) is 4.90 Å². The zero-order valence-electron chi connectivity index (χ0n) is 13.4. The molecule has 0 amide bonds. The summed E-state index contributed by atoms with van der Waals surface area (Å²) >= 11 is 0. The third kappa shape index (κ3) is 4.42. The summed E-state index contributed by atoms with van der Waals surface area (Å²) in [6.45, 7) is 5.68. The Morgan fingerprint density at radius 3 is 2.68 bits per heavy atom. The van der Waals surface area contributed by atoms with Crippen molar-refractivity contribution in [3.05, 3.63) is 54.1 Å². The lowest BCUT2D eigenvalue weighted by Gasteiger charge is -2.33. The van der Waals surface area contributed by atoms with Crippen LogP contribution in [0.2, 0.25) is 0 Å². The molecule has 1 N–H and O–H groups in total. The first-order chi connectivity index (χ1) is 10.8. The molecule has 0 bridgehead atoms. The summed E-state index contributed by atoms with van der Waals surface area (Å²) in [5, 5.41) is 0. The zero-order chi connectivity index (χ0) is 15.2.